The Balaban J connectivity index is 2.38. The first kappa shape index (κ1) is 11.6. The lowest BCUT2D eigenvalue weighted by molar-refractivity contribution is -0.121. The Morgan fingerprint density at radius 3 is 2.65 bits per heavy atom. The van der Waals surface area contributed by atoms with Gasteiger partial charge in [-0.3, -0.25) is 4.79 Å². The lowest BCUT2D eigenvalue weighted by Gasteiger charge is -2.16. The summed E-state index contributed by atoms with van der Waals surface area (Å²) in [5.41, 5.74) is 1.17. The van der Waals surface area contributed by atoms with Crippen LogP contribution in [0.3, 0.4) is 0 Å². The third kappa shape index (κ3) is 2.47. The van der Waals surface area contributed by atoms with Crippen LogP contribution in [0.5, 0.6) is 0 Å². The second kappa shape index (κ2) is 5.00. The molecule has 2 nitrogen and oxygen atoms in total. The van der Waals surface area contributed by atoms with Crippen molar-refractivity contribution in [3.63, 3.8) is 0 Å². The highest BCUT2D eigenvalue weighted by Crippen LogP contribution is 2.23. The maximum atomic E-state index is 11.4. The molecular weight excluding hydrogens is 210 g/mol. The molecule has 0 aliphatic rings. The van der Waals surface area contributed by atoms with Crippen molar-refractivity contribution in [3.05, 3.63) is 48.0 Å². The van der Waals surface area contributed by atoms with Crippen molar-refractivity contribution in [1.82, 2.24) is 5.32 Å². The van der Waals surface area contributed by atoms with Gasteiger partial charge in [0.2, 0.25) is 5.91 Å². The van der Waals surface area contributed by atoms with E-state index in [1.807, 2.05) is 32.0 Å². The van der Waals surface area contributed by atoms with E-state index in [1.165, 1.54) is 16.3 Å². The minimum Gasteiger partial charge on any atom is -0.350 e. The van der Waals surface area contributed by atoms with Crippen LogP contribution >= 0.6 is 0 Å². The number of nitrogens with one attached hydrogen (secondary N) is 1. The molecule has 2 aromatic carbocycles. The first-order valence-corrected chi connectivity index (χ1v) is 5.99. The largest absolute Gasteiger partial charge is 0.350 e. The molecule has 0 aliphatic heterocycles. The van der Waals surface area contributed by atoms with Crippen molar-refractivity contribution in [1.29, 1.82) is 0 Å². The number of carbonyl (C=O) groups is 1. The first-order chi connectivity index (χ1) is 8.22. The predicted octanol–water partition coefficient (Wildman–Crippen LogP) is 3.43. The molecule has 2 rings (SSSR count). The number of hydrogen-bond donors (Lipinski definition) is 1. The van der Waals surface area contributed by atoms with E-state index >= 15 is 0 Å². The molecule has 0 radical (unpaired) electrons. The zero-order valence-electron chi connectivity index (χ0n) is 10.2. The van der Waals surface area contributed by atoms with Crippen molar-refractivity contribution in [2.45, 2.75) is 26.3 Å². The van der Waals surface area contributed by atoms with Crippen LogP contribution in [0.4, 0.5) is 0 Å². The highest BCUT2D eigenvalue weighted by Gasteiger charge is 2.10. The van der Waals surface area contributed by atoms with Crippen molar-refractivity contribution in [2.24, 2.45) is 0 Å². The molecule has 1 atom stereocenters. The molecule has 0 fully saturated rings. The third-order valence-electron chi connectivity index (χ3n) is 2.99. The van der Waals surface area contributed by atoms with E-state index in [2.05, 4.69) is 29.6 Å². The number of benzene rings is 2. The minimum absolute atomic E-state index is 0.0496. The van der Waals surface area contributed by atoms with Crippen LogP contribution in [0.15, 0.2) is 42.5 Å². The SMILES string of the molecule is CCC(=O)N[C@@H](C)c1cccc2ccccc12. The number of hydrogen-bond acceptors (Lipinski definition) is 1. The van der Waals surface area contributed by atoms with Gasteiger partial charge in [-0.1, -0.05) is 49.4 Å². The molecular formula is C15H17NO. The molecule has 88 valence electrons. The summed E-state index contributed by atoms with van der Waals surface area (Å²) in [6.07, 6.45) is 0.523. The van der Waals surface area contributed by atoms with Crippen molar-refractivity contribution >= 4 is 16.7 Å². The van der Waals surface area contributed by atoms with Gasteiger partial charge in [0.15, 0.2) is 0 Å². The van der Waals surface area contributed by atoms with Gasteiger partial charge in [-0.2, -0.15) is 0 Å². The van der Waals surface area contributed by atoms with Crippen molar-refractivity contribution < 1.29 is 4.79 Å². The van der Waals surface area contributed by atoms with Crippen molar-refractivity contribution in [2.75, 3.05) is 0 Å². The summed E-state index contributed by atoms with van der Waals surface area (Å²) in [7, 11) is 0. The normalized spacial score (nSPS) is 12.4. The maximum absolute atomic E-state index is 11.4. The van der Waals surface area contributed by atoms with E-state index in [-0.39, 0.29) is 11.9 Å². The summed E-state index contributed by atoms with van der Waals surface area (Å²) in [6.45, 7) is 3.89. The van der Waals surface area contributed by atoms with Crippen LogP contribution in [0.25, 0.3) is 10.8 Å². The summed E-state index contributed by atoms with van der Waals surface area (Å²) in [6, 6.07) is 14.5. The number of fused-ring (bicyclic) bond motifs is 1. The minimum atomic E-state index is 0.0496. The summed E-state index contributed by atoms with van der Waals surface area (Å²) in [5.74, 6) is 0.0884. The van der Waals surface area contributed by atoms with Gasteiger partial charge < -0.3 is 5.32 Å². The Labute approximate surface area is 102 Å². The fourth-order valence-electron chi connectivity index (χ4n) is 2.05. The second-order valence-corrected chi connectivity index (χ2v) is 4.21. The number of amides is 1. The average molecular weight is 227 g/mol. The van der Waals surface area contributed by atoms with E-state index in [0.717, 1.165) is 0 Å². The van der Waals surface area contributed by atoms with E-state index in [0.29, 0.717) is 6.42 Å². The van der Waals surface area contributed by atoms with Crippen LogP contribution in [-0.4, -0.2) is 5.91 Å². The highest BCUT2D eigenvalue weighted by molar-refractivity contribution is 5.86. The third-order valence-corrected chi connectivity index (χ3v) is 2.99. The maximum Gasteiger partial charge on any atom is 0.220 e. The summed E-state index contributed by atoms with van der Waals surface area (Å²) in [4.78, 5) is 11.4. The van der Waals surface area contributed by atoms with Gasteiger partial charge in [-0.15, -0.1) is 0 Å². The lowest BCUT2D eigenvalue weighted by atomic mass is 9.99. The number of carbonyl (C=O) groups excluding carboxylic acids is 1. The van der Waals surface area contributed by atoms with E-state index in [1.54, 1.807) is 0 Å². The molecule has 0 aromatic heterocycles. The Hall–Kier alpha value is -1.83. The van der Waals surface area contributed by atoms with Crippen LogP contribution in [0, 0.1) is 0 Å². The molecule has 0 bridgehead atoms. The van der Waals surface area contributed by atoms with E-state index in [9.17, 15) is 4.79 Å². The monoisotopic (exact) mass is 227 g/mol. The molecule has 0 unspecified atom stereocenters. The lowest BCUT2D eigenvalue weighted by Crippen LogP contribution is -2.25. The van der Waals surface area contributed by atoms with Crippen LogP contribution in [-0.2, 0) is 4.79 Å². The Kier molecular flexibility index (Phi) is 3.43. The van der Waals surface area contributed by atoms with Crippen molar-refractivity contribution in [3.8, 4) is 0 Å². The number of rotatable bonds is 3. The van der Waals surface area contributed by atoms with E-state index < -0.39 is 0 Å². The molecule has 2 aromatic rings. The highest BCUT2D eigenvalue weighted by atomic mass is 16.1. The van der Waals surface area contributed by atoms with Gasteiger partial charge >= 0.3 is 0 Å². The van der Waals surface area contributed by atoms with Gasteiger partial charge in [0.05, 0.1) is 6.04 Å². The van der Waals surface area contributed by atoms with Gasteiger partial charge in [0.1, 0.15) is 0 Å². The first-order valence-electron chi connectivity index (χ1n) is 5.99. The molecule has 0 saturated carbocycles. The molecule has 2 heteroatoms. The van der Waals surface area contributed by atoms with Crippen LogP contribution in [0.1, 0.15) is 31.9 Å². The molecule has 0 heterocycles. The average Bonchev–Trinajstić information content (AvgIpc) is 2.37. The fourth-order valence-corrected chi connectivity index (χ4v) is 2.05. The second-order valence-electron chi connectivity index (χ2n) is 4.21. The van der Waals surface area contributed by atoms with Gasteiger partial charge in [0.25, 0.3) is 0 Å². The van der Waals surface area contributed by atoms with E-state index in [4.69, 9.17) is 0 Å². The molecule has 1 amide bonds. The summed E-state index contributed by atoms with van der Waals surface area (Å²) in [5, 5.41) is 5.42. The van der Waals surface area contributed by atoms with Crippen LogP contribution < -0.4 is 5.32 Å². The zero-order chi connectivity index (χ0) is 12.3. The molecule has 17 heavy (non-hydrogen) atoms. The topological polar surface area (TPSA) is 29.1 Å². The quantitative estimate of drug-likeness (QED) is 0.855. The zero-order valence-corrected chi connectivity index (χ0v) is 10.2. The Morgan fingerprint density at radius 2 is 1.88 bits per heavy atom. The Bertz CT molecular complexity index is 528. The molecule has 0 saturated heterocycles. The fraction of sp³-hybridized carbons (Fsp3) is 0.267. The van der Waals surface area contributed by atoms with Gasteiger partial charge in [-0.25, -0.2) is 0 Å². The molecule has 1 N–H and O–H groups in total. The standard InChI is InChI=1S/C15H17NO/c1-3-15(17)16-11(2)13-10-6-8-12-7-4-5-9-14(12)13/h4-11H,3H2,1-2H3,(H,16,17)/t11-/m0/s1. The van der Waals surface area contributed by atoms with Crippen LogP contribution in [0.2, 0.25) is 0 Å². The Morgan fingerprint density at radius 1 is 1.18 bits per heavy atom. The van der Waals surface area contributed by atoms with Gasteiger partial charge in [-0.05, 0) is 23.3 Å². The molecule has 0 aliphatic carbocycles. The smallest absolute Gasteiger partial charge is 0.220 e. The van der Waals surface area contributed by atoms with Gasteiger partial charge in [0, 0.05) is 6.42 Å². The summed E-state index contributed by atoms with van der Waals surface area (Å²) >= 11 is 0. The predicted molar refractivity (Wildman–Crippen MR) is 70.8 cm³/mol. The summed E-state index contributed by atoms with van der Waals surface area (Å²) < 4.78 is 0. The molecule has 0 spiro atoms.